The Kier molecular flexibility index (Phi) is 4.94. The predicted molar refractivity (Wildman–Crippen MR) is 110 cm³/mol. The summed E-state index contributed by atoms with van der Waals surface area (Å²) >= 11 is 0. The molecule has 0 saturated carbocycles. The van der Waals surface area contributed by atoms with Crippen LogP contribution in [0.2, 0.25) is 0 Å². The Morgan fingerprint density at radius 3 is 2.15 bits per heavy atom. The standard InChI is InChI=1S/C22H26N4/c1-16-15-20(24-18-13-11-17(12-14-18)22(2,3)4)25-21(23-16)26(5)19-9-7-6-8-10-19/h6-15H,1-5H3,(H,23,24,25). The normalized spacial score (nSPS) is 11.3. The number of aromatic nitrogens is 2. The van der Waals surface area contributed by atoms with Crippen molar-refractivity contribution in [3.05, 3.63) is 71.9 Å². The third-order valence-corrected chi connectivity index (χ3v) is 4.31. The Labute approximate surface area is 155 Å². The summed E-state index contributed by atoms with van der Waals surface area (Å²) in [5.74, 6) is 1.46. The van der Waals surface area contributed by atoms with E-state index < -0.39 is 0 Å². The number of nitrogens with zero attached hydrogens (tertiary/aromatic N) is 3. The fraction of sp³-hybridized carbons (Fsp3) is 0.273. The van der Waals surface area contributed by atoms with Crippen LogP contribution in [-0.2, 0) is 5.41 Å². The fourth-order valence-corrected chi connectivity index (χ4v) is 2.74. The maximum atomic E-state index is 4.68. The highest BCUT2D eigenvalue weighted by Gasteiger charge is 2.13. The van der Waals surface area contributed by atoms with Crippen LogP contribution in [0.4, 0.5) is 23.1 Å². The van der Waals surface area contributed by atoms with E-state index in [4.69, 9.17) is 0 Å². The number of anilines is 4. The van der Waals surface area contributed by atoms with Crippen LogP contribution in [0.15, 0.2) is 60.7 Å². The van der Waals surface area contributed by atoms with E-state index in [0.717, 1.165) is 22.9 Å². The molecule has 0 spiro atoms. The van der Waals surface area contributed by atoms with E-state index in [2.05, 4.69) is 60.3 Å². The second kappa shape index (κ2) is 7.16. The van der Waals surface area contributed by atoms with E-state index in [-0.39, 0.29) is 5.41 Å². The summed E-state index contributed by atoms with van der Waals surface area (Å²) in [5, 5.41) is 3.39. The van der Waals surface area contributed by atoms with Gasteiger partial charge < -0.3 is 10.2 Å². The molecule has 0 aliphatic rings. The molecule has 0 bridgehead atoms. The van der Waals surface area contributed by atoms with Gasteiger partial charge in [-0.1, -0.05) is 51.1 Å². The lowest BCUT2D eigenvalue weighted by Crippen LogP contribution is -2.14. The average Bonchev–Trinajstić information content (AvgIpc) is 2.61. The summed E-state index contributed by atoms with van der Waals surface area (Å²) in [6.07, 6.45) is 0. The van der Waals surface area contributed by atoms with Gasteiger partial charge in [-0.05, 0) is 42.2 Å². The molecule has 2 aromatic carbocycles. The van der Waals surface area contributed by atoms with Crippen molar-refractivity contribution >= 4 is 23.1 Å². The molecule has 134 valence electrons. The van der Waals surface area contributed by atoms with E-state index in [1.807, 2.05) is 55.3 Å². The minimum Gasteiger partial charge on any atom is -0.340 e. The molecule has 0 atom stereocenters. The summed E-state index contributed by atoms with van der Waals surface area (Å²) in [6.45, 7) is 8.64. The van der Waals surface area contributed by atoms with Crippen LogP contribution in [0, 0.1) is 6.92 Å². The minimum absolute atomic E-state index is 0.148. The minimum atomic E-state index is 0.148. The number of rotatable bonds is 4. The summed E-state index contributed by atoms with van der Waals surface area (Å²) in [7, 11) is 1.98. The number of aryl methyl sites for hydroxylation is 1. The van der Waals surface area contributed by atoms with E-state index in [0.29, 0.717) is 5.95 Å². The Bertz CT molecular complexity index is 865. The Hall–Kier alpha value is -2.88. The summed E-state index contributed by atoms with van der Waals surface area (Å²) < 4.78 is 0. The first kappa shape index (κ1) is 17.9. The molecule has 0 aliphatic carbocycles. The van der Waals surface area contributed by atoms with Gasteiger partial charge in [0.2, 0.25) is 5.95 Å². The molecule has 4 nitrogen and oxygen atoms in total. The van der Waals surface area contributed by atoms with Crippen molar-refractivity contribution < 1.29 is 0 Å². The molecule has 3 aromatic rings. The average molecular weight is 346 g/mol. The molecule has 1 aromatic heterocycles. The highest BCUT2D eigenvalue weighted by Crippen LogP contribution is 2.26. The molecule has 0 unspecified atom stereocenters. The van der Waals surface area contributed by atoms with E-state index in [1.54, 1.807) is 0 Å². The lowest BCUT2D eigenvalue weighted by Gasteiger charge is -2.20. The maximum Gasteiger partial charge on any atom is 0.231 e. The van der Waals surface area contributed by atoms with Gasteiger partial charge in [-0.3, -0.25) is 0 Å². The van der Waals surface area contributed by atoms with Gasteiger partial charge in [0.1, 0.15) is 5.82 Å². The lowest BCUT2D eigenvalue weighted by atomic mass is 9.87. The van der Waals surface area contributed by atoms with Crippen molar-refractivity contribution in [3.8, 4) is 0 Å². The zero-order valence-corrected chi connectivity index (χ0v) is 16.1. The van der Waals surface area contributed by atoms with Crippen LogP contribution in [0.5, 0.6) is 0 Å². The third kappa shape index (κ3) is 4.20. The van der Waals surface area contributed by atoms with Crippen LogP contribution >= 0.6 is 0 Å². The Morgan fingerprint density at radius 1 is 0.885 bits per heavy atom. The van der Waals surface area contributed by atoms with Crippen molar-refractivity contribution in [1.29, 1.82) is 0 Å². The Morgan fingerprint density at radius 2 is 1.54 bits per heavy atom. The molecule has 0 fully saturated rings. The first-order chi connectivity index (χ1) is 12.3. The van der Waals surface area contributed by atoms with Crippen molar-refractivity contribution in [3.63, 3.8) is 0 Å². The SMILES string of the molecule is Cc1cc(Nc2ccc(C(C)(C)C)cc2)nc(N(C)c2ccccc2)n1. The number of para-hydroxylation sites is 1. The number of benzene rings is 2. The zero-order chi connectivity index (χ0) is 18.7. The van der Waals surface area contributed by atoms with Crippen LogP contribution in [-0.4, -0.2) is 17.0 Å². The molecule has 0 amide bonds. The highest BCUT2D eigenvalue weighted by molar-refractivity contribution is 5.61. The zero-order valence-electron chi connectivity index (χ0n) is 16.1. The van der Waals surface area contributed by atoms with Gasteiger partial charge in [0, 0.05) is 30.2 Å². The summed E-state index contributed by atoms with van der Waals surface area (Å²) in [6, 6.07) is 20.6. The van der Waals surface area contributed by atoms with Crippen molar-refractivity contribution in [2.75, 3.05) is 17.3 Å². The smallest absolute Gasteiger partial charge is 0.231 e. The number of nitrogens with one attached hydrogen (secondary N) is 1. The predicted octanol–water partition coefficient (Wildman–Crippen LogP) is 5.59. The van der Waals surface area contributed by atoms with Gasteiger partial charge >= 0.3 is 0 Å². The van der Waals surface area contributed by atoms with Crippen molar-refractivity contribution in [2.45, 2.75) is 33.1 Å². The molecule has 3 rings (SSSR count). The van der Waals surface area contributed by atoms with Crippen LogP contribution in [0.3, 0.4) is 0 Å². The highest BCUT2D eigenvalue weighted by atomic mass is 15.2. The van der Waals surface area contributed by atoms with Gasteiger partial charge in [-0.2, -0.15) is 4.98 Å². The Balaban J connectivity index is 1.84. The first-order valence-electron chi connectivity index (χ1n) is 8.85. The molecule has 0 radical (unpaired) electrons. The van der Waals surface area contributed by atoms with Gasteiger partial charge in [-0.15, -0.1) is 0 Å². The van der Waals surface area contributed by atoms with Gasteiger partial charge in [0.15, 0.2) is 0 Å². The maximum absolute atomic E-state index is 4.68. The fourth-order valence-electron chi connectivity index (χ4n) is 2.74. The molecule has 1 N–H and O–H groups in total. The van der Waals surface area contributed by atoms with Crippen LogP contribution < -0.4 is 10.2 Å². The second-order valence-corrected chi connectivity index (χ2v) is 7.54. The molecular weight excluding hydrogens is 320 g/mol. The molecule has 0 aliphatic heterocycles. The molecule has 26 heavy (non-hydrogen) atoms. The largest absolute Gasteiger partial charge is 0.340 e. The van der Waals surface area contributed by atoms with E-state index in [9.17, 15) is 0 Å². The van der Waals surface area contributed by atoms with Crippen molar-refractivity contribution in [2.24, 2.45) is 0 Å². The second-order valence-electron chi connectivity index (χ2n) is 7.54. The first-order valence-corrected chi connectivity index (χ1v) is 8.85. The van der Waals surface area contributed by atoms with Gasteiger partial charge in [0.25, 0.3) is 0 Å². The van der Waals surface area contributed by atoms with Crippen LogP contribution in [0.1, 0.15) is 32.0 Å². The molecule has 4 heteroatoms. The van der Waals surface area contributed by atoms with Gasteiger partial charge in [0.05, 0.1) is 0 Å². The van der Waals surface area contributed by atoms with Crippen LogP contribution in [0.25, 0.3) is 0 Å². The lowest BCUT2D eigenvalue weighted by molar-refractivity contribution is 0.590. The monoisotopic (exact) mass is 346 g/mol. The third-order valence-electron chi connectivity index (χ3n) is 4.31. The number of hydrogen-bond acceptors (Lipinski definition) is 4. The number of hydrogen-bond donors (Lipinski definition) is 1. The topological polar surface area (TPSA) is 41.1 Å². The van der Waals surface area contributed by atoms with Crippen molar-refractivity contribution in [1.82, 2.24) is 9.97 Å². The van der Waals surface area contributed by atoms with E-state index >= 15 is 0 Å². The van der Waals surface area contributed by atoms with E-state index in [1.165, 1.54) is 5.56 Å². The van der Waals surface area contributed by atoms with Gasteiger partial charge in [-0.25, -0.2) is 4.98 Å². The quantitative estimate of drug-likeness (QED) is 0.668. The summed E-state index contributed by atoms with van der Waals surface area (Å²) in [4.78, 5) is 11.2. The molecular formula is C22H26N4. The summed E-state index contributed by atoms with van der Waals surface area (Å²) in [5.41, 5.74) is 4.45. The molecule has 0 saturated heterocycles. The molecule has 1 heterocycles.